The van der Waals surface area contributed by atoms with E-state index in [9.17, 15) is 8.78 Å². The standard InChI is InChI=1S/C11H8Br2F2N2/c12-5-7-6-16-17(10(7)11(14)15)9-3-1-2-8(13)4-9/h1-4,6,11H,5H2. The van der Waals surface area contributed by atoms with Crippen molar-refractivity contribution < 1.29 is 8.78 Å². The lowest BCUT2D eigenvalue weighted by Gasteiger charge is -2.08. The zero-order valence-corrected chi connectivity index (χ0v) is 11.7. The van der Waals surface area contributed by atoms with Gasteiger partial charge in [0.2, 0.25) is 0 Å². The van der Waals surface area contributed by atoms with Gasteiger partial charge in [0.1, 0.15) is 5.69 Å². The van der Waals surface area contributed by atoms with Crippen LogP contribution in [0.2, 0.25) is 0 Å². The average molecular weight is 366 g/mol. The Bertz CT molecular complexity index is 526. The molecule has 0 N–H and O–H groups in total. The van der Waals surface area contributed by atoms with Crippen molar-refractivity contribution in [3.63, 3.8) is 0 Å². The Labute approximate surface area is 114 Å². The van der Waals surface area contributed by atoms with Crippen LogP contribution in [0.15, 0.2) is 34.9 Å². The summed E-state index contributed by atoms with van der Waals surface area (Å²) in [6.45, 7) is 0. The Morgan fingerprint density at radius 1 is 1.35 bits per heavy atom. The second kappa shape index (κ2) is 5.27. The van der Waals surface area contributed by atoms with Crippen molar-refractivity contribution in [2.75, 3.05) is 0 Å². The number of nitrogens with zero attached hydrogens (tertiary/aromatic N) is 2. The molecule has 0 radical (unpaired) electrons. The van der Waals surface area contributed by atoms with E-state index in [0.717, 1.165) is 4.47 Å². The van der Waals surface area contributed by atoms with Gasteiger partial charge in [-0.2, -0.15) is 5.10 Å². The lowest BCUT2D eigenvalue weighted by Crippen LogP contribution is -2.03. The number of benzene rings is 1. The van der Waals surface area contributed by atoms with Gasteiger partial charge in [-0.3, -0.25) is 0 Å². The van der Waals surface area contributed by atoms with Crippen molar-refractivity contribution in [3.8, 4) is 5.69 Å². The molecule has 0 aliphatic carbocycles. The van der Waals surface area contributed by atoms with Gasteiger partial charge in [-0.25, -0.2) is 13.5 Å². The Hall–Kier alpha value is -0.750. The predicted octanol–water partition coefficient (Wildman–Crippen LogP) is 4.47. The lowest BCUT2D eigenvalue weighted by molar-refractivity contribution is 0.142. The fourth-order valence-corrected chi connectivity index (χ4v) is 2.36. The van der Waals surface area contributed by atoms with Crippen LogP contribution in [0.25, 0.3) is 5.69 Å². The van der Waals surface area contributed by atoms with Crippen molar-refractivity contribution in [3.05, 3.63) is 46.2 Å². The first-order valence-electron chi connectivity index (χ1n) is 4.80. The van der Waals surface area contributed by atoms with E-state index in [0.29, 0.717) is 16.6 Å². The fourth-order valence-electron chi connectivity index (χ4n) is 1.54. The molecule has 0 bridgehead atoms. The second-order valence-electron chi connectivity index (χ2n) is 3.38. The number of hydrogen-bond acceptors (Lipinski definition) is 1. The maximum absolute atomic E-state index is 13.0. The topological polar surface area (TPSA) is 17.8 Å². The smallest absolute Gasteiger partial charge is 0.232 e. The van der Waals surface area contributed by atoms with Crippen LogP contribution in [0.4, 0.5) is 8.78 Å². The van der Waals surface area contributed by atoms with Crippen LogP contribution in [-0.4, -0.2) is 9.78 Å². The monoisotopic (exact) mass is 364 g/mol. The van der Waals surface area contributed by atoms with Gasteiger partial charge in [-0.05, 0) is 18.2 Å². The van der Waals surface area contributed by atoms with Crippen LogP contribution in [-0.2, 0) is 5.33 Å². The number of rotatable bonds is 3. The van der Waals surface area contributed by atoms with Crippen LogP contribution >= 0.6 is 31.9 Å². The second-order valence-corrected chi connectivity index (χ2v) is 4.86. The Morgan fingerprint density at radius 2 is 2.12 bits per heavy atom. The SMILES string of the molecule is FC(F)c1c(CBr)cnn1-c1cccc(Br)c1. The van der Waals surface area contributed by atoms with Crippen LogP contribution in [0, 0.1) is 0 Å². The van der Waals surface area contributed by atoms with E-state index in [-0.39, 0.29) is 5.69 Å². The molecule has 1 heterocycles. The number of halogens is 4. The molecule has 17 heavy (non-hydrogen) atoms. The first-order valence-corrected chi connectivity index (χ1v) is 6.71. The first kappa shape index (κ1) is 12.7. The molecule has 90 valence electrons. The van der Waals surface area contributed by atoms with Crippen LogP contribution in [0.3, 0.4) is 0 Å². The van der Waals surface area contributed by atoms with Crippen molar-refractivity contribution in [2.45, 2.75) is 11.8 Å². The van der Waals surface area contributed by atoms with Crippen molar-refractivity contribution in [1.82, 2.24) is 9.78 Å². The van der Waals surface area contributed by atoms with Crippen molar-refractivity contribution in [1.29, 1.82) is 0 Å². The maximum Gasteiger partial charge on any atom is 0.280 e. The van der Waals surface area contributed by atoms with Crippen molar-refractivity contribution in [2.24, 2.45) is 0 Å². The molecule has 2 nitrogen and oxygen atoms in total. The molecule has 0 aliphatic heterocycles. The molecule has 0 fully saturated rings. The maximum atomic E-state index is 13.0. The van der Waals surface area contributed by atoms with E-state index in [1.165, 1.54) is 10.9 Å². The van der Waals surface area contributed by atoms with E-state index in [2.05, 4.69) is 37.0 Å². The summed E-state index contributed by atoms with van der Waals surface area (Å²) in [5, 5.41) is 4.37. The minimum atomic E-state index is -2.55. The summed E-state index contributed by atoms with van der Waals surface area (Å²) in [6, 6.07) is 7.10. The van der Waals surface area contributed by atoms with E-state index in [4.69, 9.17) is 0 Å². The van der Waals surface area contributed by atoms with Crippen LogP contribution in [0.5, 0.6) is 0 Å². The third kappa shape index (κ3) is 2.57. The summed E-state index contributed by atoms with van der Waals surface area (Å²) in [4.78, 5) is 0. The zero-order chi connectivity index (χ0) is 12.4. The number of aromatic nitrogens is 2. The van der Waals surface area contributed by atoms with E-state index in [1.807, 2.05) is 6.07 Å². The molecule has 0 spiro atoms. The van der Waals surface area contributed by atoms with Crippen molar-refractivity contribution >= 4 is 31.9 Å². The molecule has 2 rings (SSSR count). The third-order valence-corrected chi connectivity index (χ3v) is 3.39. The molecule has 0 saturated carbocycles. The molecular formula is C11H8Br2F2N2. The zero-order valence-electron chi connectivity index (χ0n) is 8.58. The quantitative estimate of drug-likeness (QED) is 0.734. The van der Waals surface area contributed by atoms with Gasteiger partial charge in [-0.15, -0.1) is 0 Å². The minimum Gasteiger partial charge on any atom is -0.232 e. The van der Waals surface area contributed by atoms with E-state index >= 15 is 0 Å². The Morgan fingerprint density at radius 3 is 2.71 bits per heavy atom. The summed E-state index contributed by atoms with van der Waals surface area (Å²) >= 11 is 6.49. The normalized spacial score (nSPS) is 11.1. The van der Waals surface area contributed by atoms with Gasteiger partial charge in [0.25, 0.3) is 6.43 Å². The van der Waals surface area contributed by atoms with Gasteiger partial charge in [-0.1, -0.05) is 37.9 Å². The Balaban J connectivity index is 2.56. The summed E-state index contributed by atoms with van der Waals surface area (Å²) in [6.07, 6.45) is -1.10. The molecule has 1 aromatic carbocycles. The molecule has 0 saturated heterocycles. The average Bonchev–Trinajstić information content (AvgIpc) is 2.72. The molecule has 0 aliphatic rings. The van der Waals surface area contributed by atoms with Gasteiger partial charge in [0.15, 0.2) is 0 Å². The summed E-state index contributed by atoms with van der Waals surface area (Å²) in [5.41, 5.74) is 1.04. The first-order chi connectivity index (χ1) is 8.13. The summed E-state index contributed by atoms with van der Waals surface area (Å²) < 4.78 is 28.1. The minimum absolute atomic E-state index is 0.0695. The van der Waals surface area contributed by atoms with Gasteiger partial charge >= 0.3 is 0 Å². The predicted molar refractivity (Wildman–Crippen MR) is 68.9 cm³/mol. The summed E-state index contributed by atoms with van der Waals surface area (Å²) in [5.74, 6) is 0. The van der Waals surface area contributed by atoms with E-state index in [1.54, 1.807) is 18.2 Å². The molecule has 0 atom stereocenters. The highest BCUT2D eigenvalue weighted by molar-refractivity contribution is 9.10. The fraction of sp³-hybridized carbons (Fsp3) is 0.182. The summed E-state index contributed by atoms with van der Waals surface area (Å²) in [7, 11) is 0. The van der Waals surface area contributed by atoms with Gasteiger partial charge in [0.05, 0.1) is 11.9 Å². The highest BCUT2D eigenvalue weighted by Crippen LogP contribution is 2.27. The molecule has 6 heteroatoms. The van der Waals surface area contributed by atoms with E-state index < -0.39 is 6.43 Å². The molecule has 2 aromatic rings. The molecule has 0 amide bonds. The molecule has 0 unspecified atom stereocenters. The highest BCUT2D eigenvalue weighted by atomic mass is 79.9. The number of alkyl halides is 3. The highest BCUT2D eigenvalue weighted by Gasteiger charge is 2.20. The third-order valence-electron chi connectivity index (χ3n) is 2.29. The molecule has 1 aromatic heterocycles. The van der Waals surface area contributed by atoms with Crippen LogP contribution in [0.1, 0.15) is 17.7 Å². The van der Waals surface area contributed by atoms with Crippen LogP contribution < -0.4 is 0 Å². The largest absolute Gasteiger partial charge is 0.280 e. The van der Waals surface area contributed by atoms with Gasteiger partial charge in [0, 0.05) is 15.4 Å². The van der Waals surface area contributed by atoms with Gasteiger partial charge < -0.3 is 0 Å². The number of hydrogen-bond donors (Lipinski definition) is 0. The molecular weight excluding hydrogens is 358 g/mol. The lowest BCUT2D eigenvalue weighted by atomic mass is 10.2. The Kier molecular flexibility index (Phi) is 3.93.